The Morgan fingerprint density at radius 2 is 0.464 bits per heavy atom. The monoisotopic (exact) mass is 1610 g/mol. The molecule has 0 heterocycles. The summed E-state index contributed by atoms with van der Waals surface area (Å²) in [4.78, 5) is 73.3. The van der Waals surface area contributed by atoms with Crippen LogP contribution in [0.15, 0.2) is 158 Å². The van der Waals surface area contributed by atoms with E-state index in [1.807, 2.05) is 0 Å². The van der Waals surface area contributed by atoms with Gasteiger partial charge in [0.2, 0.25) is 0 Å². The zero-order chi connectivity index (χ0) is 81.7. The molecule has 0 aromatic heterocycles. The van der Waals surface area contributed by atoms with Crippen LogP contribution < -0.4 is 0 Å². The number of aliphatic hydroxyl groups excluding tert-OH is 1. The molecule has 0 spiro atoms. The van der Waals surface area contributed by atoms with E-state index in [4.69, 9.17) is 37.0 Å². The Balaban J connectivity index is 5.46. The smallest absolute Gasteiger partial charge is 0.462 e. The maximum Gasteiger partial charge on any atom is 0.472 e. The number of carbonyl (C=O) groups is 4. The van der Waals surface area contributed by atoms with Gasteiger partial charge in [-0.05, 0) is 154 Å². The van der Waals surface area contributed by atoms with E-state index in [0.29, 0.717) is 25.7 Å². The van der Waals surface area contributed by atoms with Crippen molar-refractivity contribution in [1.82, 2.24) is 0 Å². The Kier molecular flexibility index (Phi) is 79.6. The number of phosphoric acid groups is 2. The third-order valence-corrected chi connectivity index (χ3v) is 19.9. The number of phosphoric ester groups is 2. The molecule has 0 aliphatic carbocycles. The van der Waals surface area contributed by atoms with Crippen LogP contribution in [0.1, 0.15) is 349 Å². The van der Waals surface area contributed by atoms with Crippen molar-refractivity contribution in [3.8, 4) is 0 Å². The van der Waals surface area contributed by atoms with Gasteiger partial charge in [-0.25, -0.2) is 9.13 Å². The van der Waals surface area contributed by atoms with Crippen LogP contribution in [0.2, 0.25) is 0 Å². The molecule has 0 rings (SSSR count). The molecule has 0 saturated carbocycles. The molecule has 0 aromatic carbocycles. The van der Waals surface area contributed by atoms with Crippen molar-refractivity contribution in [3.05, 3.63) is 158 Å². The Bertz CT molecular complexity index is 2740. The number of hydrogen-bond donors (Lipinski definition) is 3. The van der Waals surface area contributed by atoms with E-state index < -0.39 is 97.5 Å². The highest BCUT2D eigenvalue weighted by molar-refractivity contribution is 7.47. The summed E-state index contributed by atoms with van der Waals surface area (Å²) in [5.41, 5.74) is 0. The molecule has 112 heavy (non-hydrogen) atoms. The molecule has 3 N–H and O–H groups in total. The number of unbranched alkanes of at least 4 members (excludes halogenated alkanes) is 29. The Morgan fingerprint density at radius 3 is 0.741 bits per heavy atom. The van der Waals surface area contributed by atoms with Crippen LogP contribution in [0.5, 0.6) is 0 Å². The first kappa shape index (κ1) is 107. The number of ether oxygens (including phenoxy) is 4. The predicted molar refractivity (Wildman–Crippen MR) is 464 cm³/mol. The van der Waals surface area contributed by atoms with Gasteiger partial charge in [0.15, 0.2) is 12.2 Å². The van der Waals surface area contributed by atoms with E-state index in [-0.39, 0.29) is 25.7 Å². The van der Waals surface area contributed by atoms with Crippen LogP contribution in [0.25, 0.3) is 0 Å². The van der Waals surface area contributed by atoms with Crippen molar-refractivity contribution in [3.63, 3.8) is 0 Å². The number of aliphatic hydroxyl groups is 1. The fourth-order valence-corrected chi connectivity index (χ4v) is 13.0. The van der Waals surface area contributed by atoms with Gasteiger partial charge in [0.25, 0.3) is 0 Å². The van der Waals surface area contributed by atoms with Crippen molar-refractivity contribution in [2.45, 2.75) is 367 Å². The Morgan fingerprint density at radius 1 is 0.259 bits per heavy atom. The van der Waals surface area contributed by atoms with E-state index in [1.165, 1.54) is 83.5 Å². The van der Waals surface area contributed by atoms with Gasteiger partial charge < -0.3 is 33.8 Å². The maximum atomic E-state index is 13.2. The number of carbonyl (C=O) groups excluding carboxylic acids is 4. The summed E-state index contributed by atoms with van der Waals surface area (Å²) in [6.07, 6.45) is 99.1. The highest BCUT2D eigenvalue weighted by Gasteiger charge is 2.30. The molecular weight excluding hydrogens is 1450 g/mol. The lowest BCUT2D eigenvalue weighted by Gasteiger charge is -2.21. The van der Waals surface area contributed by atoms with Crippen LogP contribution in [-0.4, -0.2) is 96.7 Å². The minimum atomic E-state index is -5.00. The van der Waals surface area contributed by atoms with Crippen molar-refractivity contribution in [1.29, 1.82) is 0 Å². The minimum Gasteiger partial charge on any atom is -0.462 e. The Hall–Kier alpha value is -5.32. The van der Waals surface area contributed by atoms with Gasteiger partial charge in [-0.2, -0.15) is 0 Å². The number of esters is 4. The second-order valence-electron chi connectivity index (χ2n) is 28.7. The SMILES string of the molecule is CC/C=C\C/C=C\C/C=C\C/C=C\C/C=C\CCCCCC(=O)OCC(COP(=O)(O)OCC(O)COP(=O)(O)OCC(COC(=O)CCCCC/C=C\C/C=C\C/C=C\C/C=C\C/C=C\CC)OC(=O)CCCCCCCCCCCCCCCCC)OC(=O)CCCCCCCC/C=C\C/C=C\C/C=C\CCCCC. The van der Waals surface area contributed by atoms with Gasteiger partial charge in [0.05, 0.1) is 26.4 Å². The van der Waals surface area contributed by atoms with E-state index in [9.17, 15) is 43.2 Å². The number of hydrogen-bond acceptors (Lipinski definition) is 15. The summed E-state index contributed by atoms with van der Waals surface area (Å²) in [6, 6.07) is 0. The molecule has 5 unspecified atom stereocenters. The fraction of sp³-hybridized carbons (Fsp3) is 0.677. The molecule has 19 heteroatoms. The highest BCUT2D eigenvalue weighted by atomic mass is 31.2. The zero-order valence-corrected chi connectivity index (χ0v) is 72.1. The zero-order valence-electron chi connectivity index (χ0n) is 70.3. The average molecular weight is 1610 g/mol. The molecule has 0 bridgehead atoms. The van der Waals surface area contributed by atoms with Crippen molar-refractivity contribution in [2.24, 2.45) is 0 Å². The van der Waals surface area contributed by atoms with Crippen LogP contribution in [0.4, 0.5) is 0 Å². The lowest BCUT2D eigenvalue weighted by atomic mass is 10.0. The van der Waals surface area contributed by atoms with Crippen LogP contribution >= 0.6 is 15.6 Å². The normalized spacial score (nSPS) is 14.5. The molecule has 0 aromatic rings. The lowest BCUT2D eigenvalue weighted by Crippen LogP contribution is -2.30. The first-order chi connectivity index (χ1) is 54.7. The third-order valence-electron chi connectivity index (χ3n) is 18.0. The van der Waals surface area contributed by atoms with Crippen LogP contribution in [0.3, 0.4) is 0 Å². The maximum absolute atomic E-state index is 13.2. The summed E-state index contributed by atoms with van der Waals surface area (Å²) >= 11 is 0. The predicted octanol–water partition coefficient (Wildman–Crippen LogP) is 26.3. The van der Waals surface area contributed by atoms with Gasteiger partial charge in [0.1, 0.15) is 19.3 Å². The molecular formula is C93H156O17P2. The molecule has 0 saturated heterocycles. The summed E-state index contributed by atoms with van der Waals surface area (Å²) in [5.74, 6) is -2.26. The number of rotatable bonds is 81. The van der Waals surface area contributed by atoms with E-state index in [0.717, 1.165) is 186 Å². The number of allylic oxidation sites excluding steroid dienone is 26. The standard InChI is InChI=1S/C93H156O17P2/c1-5-9-13-17-21-25-29-33-37-40-43-46-50-53-57-61-65-69-73-77-90(95)103-83-88(109-92(97)79-75-71-67-63-59-55-49-36-32-28-24-20-16-12-8-4)85-107-111(99,100)105-81-87(94)82-106-112(101,102)108-86-89(110-93(98)80-76-72-68-64-60-56-52-48-45-42-39-35-31-27-23-19-15-11-7-3)84-104-91(96)78-74-70-66-62-58-54-51-47-44-41-38-34-30-26-22-18-14-10-6-2/h9-10,13-14,21-23,25-27,33-35,37-39,43-48,53-54,57-58,87-89,94H,5-8,11-12,15-20,24,28-32,36,40-42,49-52,55-56,59-86H2,1-4H3,(H,99,100)(H,101,102)/b13-9-,14-10-,25-21-,26-22-,27-23-,37-33-,38-34-,39-35-,46-43-,47-44-,48-45-,57-53-,58-54-. The average Bonchev–Trinajstić information content (AvgIpc) is 0.898. The summed E-state index contributed by atoms with van der Waals surface area (Å²) < 4.78 is 68.8. The molecule has 0 fully saturated rings. The molecule has 640 valence electrons. The molecule has 17 nitrogen and oxygen atoms in total. The third kappa shape index (κ3) is 82.7. The summed E-state index contributed by atoms with van der Waals surface area (Å²) in [5, 5.41) is 10.7. The van der Waals surface area contributed by atoms with E-state index >= 15 is 0 Å². The molecule has 5 atom stereocenters. The second kappa shape index (κ2) is 83.6. The summed E-state index contributed by atoms with van der Waals surface area (Å²) in [6.45, 7) is 4.58. The highest BCUT2D eigenvalue weighted by Crippen LogP contribution is 2.45. The molecule has 0 radical (unpaired) electrons. The first-order valence-corrected chi connectivity index (χ1v) is 46.7. The van der Waals surface area contributed by atoms with Crippen LogP contribution in [0, 0.1) is 0 Å². The van der Waals surface area contributed by atoms with Crippen molar-refractivity contribution >= 4 is 39.5 Å². The van der Waals surface area contributed by atoms with Gasteiger partial charge in [-0.1, -0.05) is 327 Å². The van der Waals surface area contributed by atoms with Gasteiger partial charge in [-0.3, -0.25) is 37.3 Å². The van der Waals surface area contributed by atoms with Crippen molar-refractivity contribution in [2.75, 3.05) is 39.6 Å². The fourth-order valence-electron chi connectivity index (χ4n) is 11.4. The topological polar surface area (TPSA) is 237 Å². The van der Waals surface area contributed by atoms with Gasteiger partial charge in [-0.15, -0.1) is 0 Å². The first-order valence-electron chi connectivity index (χ1n) is 43.7. The molecule has 0 amide bonds. The second-order valence-corrected chi connectivity index (χ2v) is 31.6. The van der Waals surface area contributed by atoms with Gasteiger partial charge >= 0.3 is 39.5 Å². The minimum absolute atomic E-state index is 0.0678. The van der Waals surface area contributed by atoms with E-state index in [2.05, 4.69) is 186 Å². The largest absolute Gasteiger partial charge is 0.472 e. The quantitative estimate of drug-likeness (QED) is 0.0169. The summed E-state index contributed by atoms with van der Waals surface area (Å²) in [7, 11) is -10.0. The van der Waals surface area contributed by atoms with Crippen LogP contribution in [-0.2, 0) is 65.4 Å². The molecule has 0 aliphatic heterocycles. The molecule has 0 aliphatic rings. The Labute approximate surface area is 680 Å². The van der Waals surface area contributed by atoms with E-state index in [1.54, 1.807) is 0 Å². The van der Waals surface area contributed by atoms with Gasteiger partial charge in [0, 0.05) is 25.7 Å². The van der Waals surface area contributed by atoms with Crippen molar-refractivity contribution < 1.29 is 80.2 Å². The lowest BCUT2D eigenvalue weighted by molar-refractivity contribution is -0.161.